The van der Waals surface area contributed by atoms with E-state index in [0.717, 1.165) is 61.6 Å². The monoisotopic (exact) mass is 412 g/mol. The van der Waals surface area contributed by atoms with Gasteiger partial charge in [-0.1, -0.05) is 24.3 Å². The Hall–Kier alpha value is -3.09. The first kappa shape index (κ1) is 19.8. The van der Waals surface area contributed by atoms with Crippen LogP contribution in [-0.4, -0.2) is 37.9 Å². The summed E-state index contributed by atoms with van der Waals surface area (Å²) in [6.07, 6.45) is 7.22. The van der Waals surface area contributed by atoms with Crippen molar-refractivity contribution in [2.24, 2.45) is 0 Å². The fraction of sp³-hybridized carbons (Fsp3) is 0.320. The van der Waals surface area contributed by atoms with E-state index in [2.05, 4.69) is 50.5 Å². The maximum absolute atomic E-state index is 4.83. The second-order valence-electron chi connectivity index (χ2n) is 8.12. The molecule has 0 amide bonds. The summed E-state index contributed by atoms with van der Waals surface area (Å²) in [7, 11) is 0. The zero-order valence-corrected chi connectivity index (χ0v) is 17.7. The minimum Gasteiger partial charge on any atom is -0.341 e. The summed E-state index contributed by atoms with van der Waals surface area (Å²) in [5, 5.41) is 3.55. The second kappa shape index (κ2) is 9.37. The lowest BCUT2D eigenvalue weighted by Crippen LogP contribution is -2.37. The van der Waals surface area contributed by atoms with Gasteiger partial charge in [0.15, 0.2) is 0 Å². The zero-order valence-electron chi connectivity index (χ0n) is 17.7. The summed E-state index contributed by atoms with van der Waals surface area (Å²) >= 11 is 0. The second-order valence-corrected chi connectivity index (χ2v) is 8.12. The Balaban J connectivity index is 1.33. The van der Waals surface area contributed by atoms with Gasteiger partial charge in [-0.3, -0.25) is 14.9 Å². The summed E-state index contributed by atoms with van der Waals surface area (Å²) in [6.45, 7) is 3.36. The fourth-order valence-electron chi connectivity index (χ4n) is 4.50. The number of nitrogens with one attached hydrogen (secondary N) is 2. The van der Waals surface area contributed by atoms with Gasteiger partial charge in [-0.2, -0.15) is 0 Å². The molecule has 1 aliphatic rings. The van der Waals surface area contributed by atoms with Crippen LogP contribution in [0.5, 0.6) is 0 Å². The molecule has 0 bridgehead atoms. The van der Waals surface area contributed by atoms with Crippen LogP contribution in [0.25, 0.3) is 11.0 Å². The highest BCUT2D eigenvalue weighted by molar-refractivity contribution is 5.74. The Morgan fingerprint density at radius 1 is 1.00 bits per heavy atom. The van der Waals surface area contributed by atoms with Crippen molar-refractivity contribution in [3.05, 3.63) is 89.8 Å². The number of rotatable bonds is 8. The van der Waals surface area contributed by atoms with Crippen LogP contribution in [0.1, 0.15) is 41.7 Å². The SMILES string of the molecule is c1ccc(CNCCN(Cc2nc3ccccc3[nH]2)C2CCCc3cccnc32)nc1. The molecule has 6 heteroatoms. The summed E-state index contributed by atoms with van der Waals surface area (Å²) < 4.78 is 0. The van der Waals surface area contributed by atoms with Gasteiger partial charge in [-0.05, 0) is 55.2 Å². The molecule has 6 nitrogen and oxygen atoms in total. The standard InChI is InChI=1S/C25H28N6/c1-2-11-22-21(10-1)29-24(30-22)18-31(16-15-26-17-20-9-3-4-13-27-20)23-12-5-7-19-8-6-14-28-25(19)23/h1-4,6,8-11,13-14,23,26H,5,7,12,15-18H2,(H,29,30). The van der Waals surface area contributed by atoms with E-state index >= 15 is 0 Å². The maximum atomic E-state index is 4.83. The average molecular weight is 413 g/mol. The molecule has 31 heavy (non-hydrogen) atoms. The molecule has 0 saturated carbocycles. The number of para-hydroxylation sites is 2. The van der Waals surface area contributed by atoms with Gasteiger partial charge < -0.3 is 10.3 Å². The number of imidazole rings is 1. The van der Waals surface area contributed by atoms with Crippen molar-refractivity contribution in [1.29, 1.82) is 0 Å². The van der Waals surface area contributed by atoms with Crippen molar-refractivity contribution in [2.45, 2.75) is 38.4 Å². The molecular weight excluding hydrogens is 384 g/mol. The molecular formula is C25H28N6. The normalized spacial score (nSPS) is 16.0. The molecule has 0 saturated heterocycles. The van der Waals surface area contributed by atoms with Gasteiger partial charge in [-0.25, -0.2) is 4.98 Å². The van der Waals surface area contributed by atoms with Crippen molar-refractivity contribution in [2.75, 3.05) is 13.1 Å². The summed E-state index contributed by atoms with van der Waals surface area (Å²) in [5.41, 5.74) is 5.79. The number of aromatic nitrogens is 4. The van der Waals surface area contributed by atoms with Crippen LogP contribution in [-0.2, 0) is 19.5 Å². The third-order valence-electron chi connectivity index (χ3n) is 6.01. The molecule has 1 aromatic carbocycles. The molecule has 0 aliphatic heterocycles. The smallest absolute Gasteiger partial charge is 0.121 e. The summed E-state index contributed by atoms with van der Waals surface area (Å²) in [4.78, 5) is 20.0. The predicted molar refractivity (Wildman–Crippen MR) is 122 cm³/mol. The van der Waals surface area contributed by atoms with Crippen LogP contribution in [0.3, 0.4) is 0 Å². The van der Waals surface area contributed by atoms with E-state index in [0.29, 0.717) is 6.04 Å². The Labute approximate surface area is 182 Å². The van der Waals surface area contributed by atoms with Crippen LogP contribution in [0.15, 0.2) is 67.0 Å². The fourth-order valence-corrected chi connectivity index (χ4v) is 4.50. The molecule has 0 fully saturated rings. The number of pyridine rings is 2. The molecule has 158 valence electrons. The van der Waals surface area contributed by atoms with Crippen LogP contribution in [0, 0.1) is 0 Å². The van der Waals surface area contributed by atoms with E-state index < -0.39 is 0 Å². The number of nitrogens with zero attached hydrogens (tertiary/aromatic N) is 4. The third-order valence-corrected chi connectivity index (χ3v) is 6.01. The van der Waals surface area contributed by atoms with Crippen LogP contribution in [0.2, 0.25) is 0 Å². The minimum absolute atomic E-state index is 0.315. The minimum atomic E-state index is 0.315. The van der Waals surface area contributed by atoms with Gasteiger partial charge in [0.05, 0.1) is 35.0 Å². The van der Waals surface area contributed by atoms with E-state index in [-0.39, 0.29) is 0 Å². The Kier molecular flexibility index (Phi) is 6.00. The molecule has 4 aromatic rings. The molecule has 0 spiro atoms. The number of hydrogen-bond donors (Lipinski definition) is 2. The number of hydrogen-bond acceptors (Lipinski definition) is 5. The van der Waals surface area contributed by atoms with Crippen LogP contribution < -0.4 is 5.32 Å². The van der Waals surface area contributed by atoms with E-state index in [9.17, 15) is 0 Å². The number of aryl methyl sites for hydroxylation is 1. The summed E-state index contributed by atoms with van der Waals surface area (Å²) in [5.74, 6) is 1.01. The van der Waals surface area contributed by atoms with E-state index in [4.69, 9.17) is 9.97 Å². The lowest BCUT2D eigenvalue weighted by Gasteiger charge is -2.34. The summed E-state index contributed by atoms with van der Waals surface area (Å²) in [6, 6.07) is 18.9. The number of fused-ring (bicyclic) bond motifs is 2. The van der Waals surface area contributed by atoms with Crippen molar-refractivity contribution < 1.29 is 0 Å². The Bertz CT molecular complexity index is 1090. The Morgan fingerprint density at radius 3 is 2.81 bits per heavy atom. The Morgan fingerprint density at radius 2 is 1.90 bits per heavy atom. The topological polar surface area (TPSA) is 69.7 Å². The molecule has 3 heterocycles. The van der Waals surface area contributed by atoms with Gasteiger partial charge >= 0.3 is 0 Å². The zero-order chi connectivity index (χ0) is 20.9. The van der Waals surface area contributed by atoms with Crippen molar-refractivity contribution in [3.8, 4) is 0 Å². The van der Waals surface area contributed by atoms with Crippen molar-refractivity contribution in [3.63, 3.8) is 0 Å². The van der Waals surface area contributed by atoms with Crippen molar-refractivity contribution in [1.82, 2.24) is 30.2 Å². The van der Waals surface area contributed by atoms with Gasteiger partial charge in [0.25, 0.3) is 0 Å². The number of H-pyrrole nitrogens is 1. The van der Waals surface area contributed by atoms with Crippen LogP contribution in [0.4, 0.5) is 0 Å². The lowest BCUT2D eigenvalue weighted by atomic mass is 9.91. The quantitative estimate of drug-likeness (QED) is 0.428. The van der Waals surface area contributed by atoms with E-state index in [1.54, 1.807) is 0 Å². The molecule has 5 rings (SSSR count). The van der Waals surface area contributed by atoms with Gasteiger partial charge in [0, 0.05) is 32.0 Å². The molecule has 1 atom stereocenters. The highest BCUT2D eigenvalue weighted by atomic mass is 15.2. The third kappa shape index (κ3) is 4.65. The number of benzene rings is 1. The largest absolute Gasteiger partial charge is 0.341 e. The van der Waals surface area contributed by atoms with Gasteiger partial charge in [0.1, 0.15) is 5.82 Å². The van der Waals surface area contributed by atoms with Gasteiger partial charge in [0.2, 0.25) is 0 Å². The van der Waals surface area contributed by atoms with E-state index in [1.165, 1.54) is 17.7 Å². The van der Waals surface area contributed by atoms with Gasteiger partial charge in [-0.15, -0.1) is 0 Å². The average Bonchev–Trinajstić information content (AvgIpc) is 3.24. The lowest BCUT2D eigenvalue weighted by molar-refractivity contribution is 0.163. The predicted octanol–water partition coefficient (Wildman–Crippen LogP) is 4.02. The van der Waals surface area contributed by atoms with E-state index in [1.807, 2.05) is 36.7 Å². The number of aromatic amines is 1. The first-order chi connectivity index (χ1) is 15.4. The molecule has 0 radical (unpaired) electrons. The molecule has 3 aromatic heterocycles. The molecule has 2 N–H and O–H groups in total. The van der Waals surface area contributed by atoms with Crippen LogP contribution >= 0.6 is 0 Å². The first-order valence-corrected chi connectivity index (χ1v) is 11.1. The highest BCUT2D eigenvalue weighted by Crippen LogP contribution is 2.33. The maximum Gasteiger partial charge on any atom is 0.121 e. The first-order valence-electron chi connectivity index (χ1n) is 11.1. The van der Waals surface area contributed by atoms with Crippen molar-refractivity contribution >= 4 is 11.0 Å². The molecule has 1 aliphatic carbocycles. The molecule has 1 unspecified atom stereocenters. The highest BCUT2D eigenvalue weighted by Gasteiger charge is 2.27.